The smallest absolute Gasteiger partial charge is 0.224 e. The van der Waals surface area contributed by atoms with Gasteiger partial charge in [0.1, 0.15) is 0 Å². The summed E-state index contributed by atoms with van der Waals surface area (Å²) in [5.41, 5.74) is 0.955. The lowest BCUT2D eigenvalue weighted by atomic mass is 10.1. The largest absolute Gasteiger partial charge is 0.359 e. The summed E-state index contributed by atoms with van der Waals surface area (Å²) in [6, 6.07) is 1.92. The van der Waals surface area contributed by atoms with Crippen LogP contribution in [0.4, 0.5) is 0 Å². The number of allylic oxidation sites excluding steroid dienone is 2. The highest BCUT2D eigenvalue weighted by atomic mass is 16.5. The van der Waals surface area contributed by atoms with E-state index in [1.165, 1.54) is 0 Å². The SMILES string of the molecule is CC(C)Cc1cc(CNC(=O)C2CC=CC2)on1. The summed E-state index contributed by atoms with van der Waals surface area (Å²) < 4.78 is 5.20. The standard InChI is InChI=1S/C14H20N2O2/c1-10(2)7-12-8-13(18-16-12)9-15-14(17)11-5-3-4-6-11/h3-4,8,10-11H,5-7,9H2,1-2H3,(H,15,17). The van der Waals surface area contributed by atoms with Gasteiger partial charge in [-0.05, 0) is 25.2 Å². The number of hydrogen-bond donors (Lipinski definition) is 1. The first kappa shape index (κ1) is 12.9. The minimum absolute atomic E-state index is 0.0989. The fraction of sp³-hybridized carbons (Fsp3) is 0.571. The van der Waals surface area contributed by atoms with Crippen molar-refractivity contribution >= 4 is 5.91 Å². The number of aromatic nitrogens is 1. The Hall–Kier alpha value is -1.58. The van der Waals surface area contributed by atoms with Gasteiger partial charge in [0.25, 0.3) is 0 Å². The number of hydrogen-bond acceptors (Lipinski definition) is 3. The monoisotopic (exact) mass is 248 g/mol. The van der Waals surface area contributed by atoms with E-state index in [4.69, 9.17) is 4.52 Å². The molecule has 1 aliphatic rings. The highest BCUT2D eigenvalue weighted by Crippen LogP contribution is 2.17. The lowest BCUT2D eigenvalue weighted by molar-refractivity contribution is -0.124. The van der Waals surface area contributed by atoms with Gasteiger partial charge in [-0.15, -0.1) is 0 Å². The lowest BCUT2D eigenvalue weighted by Crippen LogP contribution is -2.28. The van der Waals surface area contributed by atoms with Crippen molar-refractivity contribution in [3.05, 3.63) is 29.7 Å². The molecule has 4 heteroatoms. The Balaban J connectivity index is 1.79. The van der Waals surface area contributed by atoms with Crippen molar-refractivity contribution in [2.75, 3.05) is 0 Å². The normalized spacial score (nSPS) is 15.5. The van der Waals surface area contributed by atoms with Crippen LogP contribution in [-0.4, -0.2) is 11.1 Å². The topological polar surface area (TPSA) is 55.1 Å². The molecule has 2 rings (SSSR count). The maximum absolute atomic E-state index is 11.8. The molecule has 0 aromatic carbocycles. The summed E-state index contributed by atoms with van der Waals surface area (Å²) >= 11 is 0. The fourth-order valence-electron chi connectivity index (χ4n) is 2.10. The van der Waals surface area contributed by atoms with Crippen molar-refractivity contribution in [1.82, 2.24) is 10.5 Å². The van der Waals surface area contributed by atoms with Crippen molar-refractivity contribution in [3.63, 3.8) is 0 Å². The lowest BCUT2D eigenvalue weighted by Gasteiger charge is -2.08. The van der Waals surface area contributed by atoms with E-state index in [1.807, 2.05) is 6.07 Å². The summed E-state index contributed by atoms with van der Waals surface area (Å²) in [6.07, 6.45) is 6.71. The molecule has 0 aliphatic heterocycles. The Kier molecular flexibility index (Phi) is 4.18. The molecule has 0 saturated heterocycles. The molecule has 4 nitrogen and oxygen atoms in total. The molecular formula is C14H20N2O2. The quantitative estimate of drug-likeness (QED) is 0.814. The molecule has 1 aromatic heterocycles. The number of rotatable bonds is 5. The van der Waals surface area contributed by atoms with Gasteiger partial charge in [-0.2, -0.15) is 0 Å². The summed E-state index contributed by atoms with van der Waals surface area (Å²) in [5, 5.41) is 6.89. The number of carbonyl (C=O) groups excluding carboxylic acids is 1. The fourth-order valence-corrected chi connectivity index (χ4v) is 2.10. The first-order valence-electron chi connectivity index (χ1n) is 6.52. The molecule has 0 bridgehead atoms. The third kappa shape index (κ3) is 3.45. The number of carbonyl (C=O) groups is 1. The van der Waals surface area contributed by atoms with E-state index in [0.717, 1.165) is 30.7 Å². The van der Waals surface area contributed by atoms with Gasteiger partial charge in [-0.1, -0.05) is 31.2 Å². The molecule has 0 unspecified atom stereocenters. The van der Waals surface area contributed by atoms with E-state index in [1.54, 1.807) is 0 Å². The molecule has 0 saturated carbocycles. The molecule has 0 radical (unpaired) electrons. The zero-order chi connectivity index (χ0) is 13.0. The second-order valence-electron chi connectivity index (χ2n) is 5.24. The minimum atomic E-state index is 0.0989. The molecule has 0 atom stereocenters. The van der Waals surface area contributed by atoms with E-state index < -0.39 is 0 Å². The maximum Gasteiger partial charge on any atom is 0.224 e. The zero-order valence-electron chi connectivity index (χ0n) is 11.0. The van der Waals surface area contributed by atoms with Crippen LogP contribution in [0.3, 0.4) is 0 Å². The van der Waals surface area contributed by atoms with E-state index in [2.05, 4.69) is 36.5 Å². The second-order valence-corrected chi connectivity index (χ2v) is 5.24. The first-order chi connectivity index (χ1) is 8.65. The van der Waals surface area contributed by atoms with Gasteiger partial charge < -0.3 is 9.84 Å². The molecule has 98 valence electrons. The van der Waals surface area contributed by atoms with Crippen LogP contribution in [0.1, 0.15) is 38.1 Å². The van der Waals surface area contributed by atoms with Crippen LogP contribution < -0.4 is 5.32 Å². The molecule has 0 fully saturated rings. The number of amides is 1. The number of nitrogens with zero attached hydrogens (tertiary/aromatic N) is 1. The third-order valence-corrected chi connectivity index (χ3v) is 3.04. The Labute approximate surface area is 107 Å². The first-order valence-corrected chi connectivity index (χ1v) is 6.52. The summed E-state index contributed by atoms with van der Waals surface area (Å²) in [4.78, 5) is 11.8. The summed E-state index contributed by atoms with van der Waals surface area (Å²) in [6.45, 7) is 4.72. The van der Waals surface area contributed by atoms with Crippen molar-refractivity contribution in [2.45, 2.75) is 39.7 Å². The van der Waals surface area contributed by atoms with Crippen LogP contribution in [0.25, 0.3) is 0 Å². The third-order valence-electron chi connectivity index (χ3n) is 3.04. The van der Waals surface area contributed by atoms with Gasteiger partial charge in [-0.25, -0.2) is 0 Å². The second kappa shape index (κ2) is 5.85. The van der Waals surface area contributed by atoms with Crippen molar-refractivity contribution in [2.24, 2.45) is 11.8 Å². The van der Waals surface area contributed by atoms with Crippen LogP contribution in [0, 0.1) is 11.8 Å². The predicted octanol–water partition coefficient (Wildman–Crippen LogP) is 2.46. The molecule has 1 N–H and O–H groups in total. The molecular weight excluding hydrogens is 228 g/mol. The van der Waals surface area contributed by atoms with Gasteiger partial charge >= 0.3 is 0 Å². The Bertz CT molecular complexity index is 427. The molecule has 18 heavy (non-hydrogen) atoms. The van der Waals surface area contributed by atoms with E-state index in [0.29, 0.717) is 12.5 Å². The van der Waals surface area contributed by atoms with Crippen LogP contribution in [0.5, 0.6) is 0 Å². The molecule has 0 spiro atoms. The van der Waals surface area contributed by atoms with E-state index >= 15 is 0 Å². The van der Waals surface area contributed by atoms with Gasteiger partial charge in [0.15, 0.2) is 5.76 Å². The minimum Gasteiger partial charge on any atom is -0.359 e. The highest BCUT2D eigenvalue weighted by Gasteiger charge is 2.19. The number of nitrogens with one attached hydrogen (secondary N) is 1. The van der Waals surface area contributed by atoms with E-state index in [-0.39, 0.29) is 11.8 Å². The zero-order valence-corrected chi connectivity index (χ0v) is 11.0. The molecule has 1 aliphatic carbocycles. The van der Waals surface area contributed by atoms with Gasteiger partial charge in [0.05, 0.1) is 12.2 Å². The summed E-state index contributed by atoms with van der Waals surface area (Å²) in [7, 11) is 0. The van der Waals surface area contributed by atoms with Crippen LogP contribution in [0.2, 0.25) is 0 Å². The molecule has 1 heterocycles. The summed E-state index contributed by atoms with van der Waals surface area (Å²) in [5.74, 6) is 1.48. The maximum atomic E-state index is 11.8. The van der Waals surface area contributed by atoms with Crippen molar-refractivity contribution in [1.29, 1.82) is 0 Å². The van der Waals surface area contributed by atoms with Gasteiger partial charge in [-0.3, -0.25) is 4.79 Å². The molecule has 1 aromatic rings. The average molecular weight is 248 g/mol. The average Bonchev–Trinajstić information content (AvgIpc) is 2.95. The Morgan fingerprint density at radius 3 is 2.89 bits per heavy atom. The predicted molar refractivity (Wildman–Crippen MR) is 68.8 cm³/mol. The van der Waals surface area contributed by atoms with Crippen LogP contribution in [-0.2, 0) is 17.8 Å². The van der Waals surface area contributed by atoms with Crippen molar-refractivity contribution in [3.8, 4) is 0 Å². The van der Waals surface area contributed by atoms with Crippen molar-refractivity contribution < 1.29 is 9.32 Å². The highest BCUT2D eigenvalue weighted by molar-refractivity contribution is 5.79. The van der Waals surface area contributed by atoms with E-state index in [9.17, 15) is 4.79 Å². The Morgan fingerprint density at radius 1 is 1.50 bits per heavy atom. The van der Waals surface area contributed by atoms with Gasteiger partial charge in [0, 0.05) is 12.0 Å². The van der Waals surface area contributed by atoms with Crippen LogP contribution in [0.15, 0.2) is 22.7 Å². The Morgan fingerprint density at radius 2 is 2.22 bits per heavy atom. The molecule has 1 amide bonds. The van der Waals surface area contributed by atoms with Crippen LogP contribution >= 0.6 is 0 Å². The van der Waals surface area contributed by atoms with Gasteiger partial charge in [0.2, 0.25) is 5.91 Å².